The molecule has 2 aromatic heterocycles. The Kier molecular flexibility index (Phi) is 3.60. The first kappa shape index (κ1) is 14.2. The molecule has 0 fully saturated rings. The lowest BCUT2D eigenvalue weighted by Crippen LogP contribution is -2.29. The van der Waals surface area contributed by atoms with Gasteiger partial charge in [0.1, 0.15) is 0 Å². The van der Waals surface area contributed by atoms with E-state index in [-0.39, 0.29) is 0 Å². The molecule has 2 heterocycles. The fourth-order valence-electron chi connectivity index (χ4n) is 1.88. The van der Waals surface area contributed by atoms with Crippen molar-refractivity contribution in [3.63, 3.8) is 0 Å². The standard InChI is InChI=1S/C14H13N5O2S/c1-7-8(2)22-14(16-7)18-13(21)12(20)17-10-4-3-9-6-15-19-11(9)5-10/h3-6H,1-2H3,(H,15,19)(H,17,20)(H,16,18,21). The Morgan fingerprint density at radius 3 is 2.68 bits per heavy atom. The molecular formula is C14H13N5O2S. The highest BCUT2D eigenvalue weighted by Crippen LogP contribution is 2.21. The number of thiazole rings is 1. The Morgan fingerprint density at radius 1 is 1.18 bits per heavy atom. The number of amides is 2. The van der Waals surface area contributed by atoms with Crippen molar-refractivity contribution in [3.8, 4) is 0 Å². The normalized spacial score (nSPS) is 10.6. The summed E-state index contributed by atoms with van der Waals surface area (Å²) in [6.07, 6.45) is 1.68. The Labute approximate surface area is 129 Å². The molecule has 3 aromatic rings. The highest BCUT2D eigenvalue weighted by atomic mass is 32.1. The molecule has 0 atom stereocenters. The summed E-state index contributed by atoms with van der Waals surface area (Å²) in [5.41, 5.74) is 2.14. The van der Waals surface area contributed by atoms with E-state index in [1.54, 1.807) is 24.4 Å². The molecule has 0 unspecified atom stereocenters. The molecule has 112 valence electrons. The minimum Gasteiger partial charge on any atom is -0.318 e. The summed E-state index contributed by atoms with van der Waals surface area (Å²) in [5, 5.41) is 13.1. The smallest absolute Gasteiger partial charge is 0.315 e. The molecule has 7 nitrogen and oxygen atoms in total. The number of hydrogen-bond donors (Lipinski definition) is 3. The molecular weight excluding hydrogens is 302 g/mol. The second-order valence-electron chi connectivity index (χ2n) is 4.74. The number of aromatic nitrogens is 3. The maximum Gasteiger partial charge on any atom is 0.315 e. The fourth-order valence-corrected chi connectivity index (χ4v) is 2.69. The first-order valence-electron chi connectivity index (χ1n) is 6.52. The first-order valence-corrected chi connectivity index (χ1v) is 7.34. The van der Waals surface area contributed by atoms with Crippen molar-refractivity contribution in [2.75, 3.05) is 10.6 Å². The van der Waals surface area contributed by atoms with Crippen LogP contribution in [0.15, 0.2) is 24.4 Å². The van der Waals surface area contributed by atoms with Gasteiger partial charge in [-0.2, -0.15) is 5.10 Å². The molecule has 0 aliphatic rings. The lowest BCUT2D eigenvalue weighted by molar-refractivity contribution is -0.132. The highest BCUT2D eigenvalue weighted by molar-refractivity contribution is 7.15. The van der Waals surface area contributed by atoms with Gasteiger partial charge in [-0.05, 0) is 32.0 Å². The summed E-state index contributed by atoms with van der Waals surface area (Å²) in [6, 6.07) is 5.23. The molecule has 8 heteroatoms. The maximum atomic E-state index is 11.9. The van der Waals surface area contributed by atoms with Gasteiger partial charge in [-0.3, -0.25) is 20.0 Å². The molecule has 3 N–H and O–H groups in total. The second-order valence-corrected chi connectivity index (χ2v) is 5.94. The van der Waals surface area contributed by atoms with Gasteiger partial charge in [0.25, 0.3) is 0 Å². The first-order chi connectivity index (χ1) is 10.5. The largest absolute Gasteiger partial charge is 0.318 e. The summed E-state index contributed by atoms with van der Waals surface area (Å²) in [7, 11) is 0. The Hall–Kier alpha value is -2.74. The summed E-state index contributed by atoms with van der Waals surface area (Å²) in [4.78, 5) is 29.0. The number of aryl methyl sites for hydroxylation is 2. The van der Waals surface area contributed by atoms with Crippen LogP contribution >= 0.6 is 11.3 Å². The van der Waals surface area contributed by atoms with Crippen LogP contribution in [-0.2, 0) is 9.59 Å². The molecule has 0 saturated carbocycles. The number of carbonyl (C=O) groups excluding carboxylic acids is 2. The van der Waals surface area contributed by atoms with Gasteiger partial charge in [0.15, 0.2) is 5.13 Å². The molecule has 0 bridgehead atoms. The molecule has 0 spiro atoms. The maximum absolute atomic E-state index is 11.9. The molecule has 3 rings (SSSR count). The zero-order chi connectivity index (χ0) is 15.7. The number of anilines is 2. The van der Waals surface area contributed by atoms with E-state index in [1.165, 1.54) is 11.3 Å². The summed E-state index contributed by atoms with van der Waals surface area (Å²) >= 11 is 1.33. The van der Waals surface area contributed by atoms with E-state index in [2.05, 4.69) is 25.8 Å². The van der Waals surface area contributed by atoms with Crippen LogP contribution in [0.2, 0.25) is 0 Å². The predicted molar refractivity (Wildman–Crippen MR) is 84.9 cm³/mol. The van der Waals surface area contributed by atoms with Crippen molar-refractivity contribution in [2.45, 2.75) is 13.8 Å². The van der Waals surface area contributed by atoms with Crippen molar-refractivity contribution in [2.24, 2.45) is 0 Å². The number of aromatic amines is 1. The molecule has 0 saturated heterocycles. The minimum absolute atomic E-state index is 0.416. The van der Waals surface area contributed by atoms with Crippen LogP contribution in [0.1, 0.15) is 10.6 Å². The van der Waals surface area contributed by atoms with Crippen molar-refractivity contribution in [1.82, 2.24) is 15.2 Å². The number of rotatable bonds is 2. The summed E-state index contributed by atoms with van der Waals surface area (Å²) < 4.78 is 0. The molecule has 1 aromatic carbocycles. The van der Waals surface area contributed by atoms with Crippen LogP contribution in [0.3, 0.4) is 0 Å². The van der Waals surface area contributed by atoms with Crippen LogP contribution in [0.25, 0.3) is 10.9 Å². The van der Waals surface area contributed by atoms with Gasteiger partial charge in [0.05, 0.1) is 17.4 Å². The highest BCUT2D eigenvalue weighted by Gasteiger charge is 2.16. The van der Waals surface area contributed by atoms with Crippen molar-refractivity contribution >= 4 is 44.9 Å². The van der Waals surface area contributed by atoms with E-state index in [0.717, 1.165) is 21.5 Å². The average molecular weight is 315 g/mol. The van der Waals surface area contributed by atoms with Crippen molar-refractivity contribution < 1.29 is 9.59 Å². The number of nitrogens with one attached hydrogen (secondary N) is 3. The number of H-pyrrole nitrogens is 1. The minimum atomic E-state index is -0.751. The molecule has 0 radical (unpaired) electrons. The number of carbonyl (C=O) groups is 2. The number of hydrogen-bond acceptors (Lipinski definition) is 5. The summed E-state index contributed by atoms with van der Waals surface area (Å²) in [6.45, 7) is 3.75. The Bertz CT molecular complexity index is 848. The van der Waals surface area contributed by atoms with Gasteiger partial charge >= 0.3 is 11.8 Å². The van der Waals surface area contributed by atoms with Gasteiger partial charge in [-0.15, -0.1) is 11.3 Å². The number of benzene rings is 1. The average Bonchev–Trinajstić information content (AvgIpc) is 3.05. The molecule has 0 aliphatic heterocycles. The van der Waals surface area contributed by atoms with E-state index < -0.39 is 11.8 Å². The monoisotopic (exact) mass is 315 g/mol. The third kappa shape index (κ3) is 2.82. The SMILES string of the molecule is Cc1nc(NC(=O)C(=O)Nc2ccc3cn[nH]c3c2)sc1C. The Morgan fingerprint density at radius 2 is 1.95 bits per heavy atom. The zero-order valence-corrected chi connectivity index (χ0v) is 12.7. The van der Waals surface area contributed by atoms with Gasteiger partial charge in [-0.25, -0.2) is 4.98 Å². The van der Waals surface area contributed by atoms with Gasteiger partial charge < -0.3 is 5.32 Å². The third-order valence-electron chi connectivity index (χ3n) is 3.16. The van der Waals surface area contributed by atoms with Crippen LogP contribution in [-0.4, -0.2) is 27.0 Å². The third-order valence-corrected chi connectivity index (χ3v) is 4.14. The topological polar surface area (TPSA) is 99.8 Å². The van der Waals surface area contributed by atoms with Crippen LogP contribution < -0.4 is 10.6 Å². The number of fused-ring (bicyclic) bond motifs is 1. The van der Waals surface area contributed by atoms with Gasteiger partial charge in [-0.1, -0.05) is 0 Å². The van der Waals surface area contributed by atoms with Gasteiger partial charge in [0, 0.05) is 16.0 Å². The van der Waals surface area contributed by atoms with Crippen LogP contribution in [0.4, 0.5) is 10.8 Å². The summed E-state index contributed by atoms with van der Waals surface area (Å²) in [5.74, 6) is -1.50. The lowest BCUT2D eigenvalue weighted by atomic mass is 10.2. The Balaban J connectivity index is 1.69. The molecule has 22 heavy (non-hydrogen) atoms. The van der Waals surface area contributed by atoms with E-state index in [1.807, 2.05) is 13.8 Å². The van der Waals surface area contributed by atoms with Crippen LogP contribution in [0.5, 0.6) is 0 Å². The fraction of sp³-hybridized carbons (Fsp3) is 0.143. The molecule has 2 amide bonds. The second kappa shape index (κ2) is 5.57. The van der Waals surface area contributed by atoms with Gasteiger partial charge in [0.2, 0.25) is 0 Å². The quantitative estimate of drug-likeness (QED) is 0.631. The van der Waals surface area contributed by atoms with E-state index in [0.29, 0.717) is 10.8 Å². The predicted octanol–water partition coefficient (Wildman–Crippen LogP) is 2.21. The van der Waals surface area contributed by atoms with E-state index >= 15 is 0 Å². The zero-order valence-electron chi connectivity index (χ0n) is 11.9. The lowest BCUT2D eigenvalue weighted by Gasteiger charge is -2.04. The van der Waals surface area contributed by atoms with E-state index in [4.69, 9.17) is 0 Å². The van der Waals surface area contributed by atoms with Crippen molar-refractivity contribution in [1.29, 1.82) is 0 Å². The number of nitrogens with zero attached hydrogens (tertiary/aromatic N) is 2. The van der Waals surface area contributed by atoms with E-state index in [9.17, 15) is 9.59 Å². The van der Waals surface area contributed by atoms with Crippen molar-refractivity contribution in [3.05, 3.63) is 35.0 Å². The molecule has 0 aliphatic carbocycles. The van der Waals surface area contributed by atoms with Crippen LogP contribution in [0, 0.1) is 13.8 Å².